The van der Waals surface area contributed by atoms with E-state index in [1.807, 2.05) is 6.07 Å². The second kappa shape index (κ2) is 7.50. The maximum absolute atomic E-state index is 5.31. The largest absolute Gasteiger partial charge is 0.497 e. The van der Waals surface area contributed by atoms with Crippen molar-refractivity contribution in [2.75, 3.05) is 33.9 Å². The van der Waals surface area contributed by atoms with Crippen molar-refractivity contribution in [3.05, 3.63) is 23.8 Å². The minimum Gasteiger partial charge on any atom is -0.497 e. The zero-order chi connectivity index (χ0) is 14.4. The van der Waals surface area contributed by atoms with Gasteiger partial charge in [0.2, 0.25) is 0 Å². The van der Waals surface area contributed by atoms with E-state index < -0.39 is 0 Å². The van der Waals surface area contributed by atoms with Gasteiger partial charge in [0.1, 0.15) is 11.5 Å². The molecule has 0 aliphatic carbocycles. The molecule has 0 amide bonds. The molecule has 112 valence electrons. The average Bonchev–Trinajstić information content (AvgIpc) is 2.52. The van der Waals surface area contributed by atoms with Crippen molar-refractivity contribution < 1.29 is 9.47 Å². The number of ether oxygens (including phenoxy) is 2. The molecule has 1 unspecified atom stereocenters. The maximum Gasteiger partial charge on any atom is 0.122 e. The molecular weight excluding hydrogens is 252 g/mol. The number of hydrogen-bond donors (Lipinski definition) is 1. The summed E-state index contributed by atoms with van der Waals surface area (Å²) in [6.45, 7) is 6.62. The lowest BCUT2D eigenvalue weighted by Crippen LogP contribution is -2.45. The van der Waals surface area contributed by atoms with Gasteiger partial charge in [-0.05, 0) is 43.6 Å². The predicted molar refractivity (Wildman–Crippen MR) is 81.5 cm³/mol. The van der Waals surface area contributed by atoms with E-state index >= 15 is 0 Å². The zero-order valence-electron chi connectivity index (χ0n) is 12.8. The minimum atomic E-state index is 0.584. The van der Waals surface area contributed by atoms with Gasteiger partial charge in [0.05, 0.1) is 14.2 Å². The van der Waals surface area contributed by atoms with E-state index in [0.717, 1.165) is 31.1 Å². The average molecular weight is 278 g/mol. The van der Waals surface area contributed by atoms with Gasteiger partial charge in [0.15, 0.2) is 0 Å². The highest BCUT2D eigenvalue weighted by molar-refractivity contribution is 5.38. The van der Waals surface area contributed by atoms with Crippen molar-refractivity contribution in [1.82, 2.24) is 10.2 Å². The molecule has 0 radical (unpaired) electrons. The molecule has 1 aromatic carbocycles. The summed E-state index contributed by atoms with van der Waals surface area (Å²) in [6.07, 6.45) is 2.55. The summed E-state index contributed by atoms with van der Waals surface area (Å²) in [5.41, 5.74) is 1.20. The Morgan fingerprint density at radius 2 is 1.90 bits per heavy atom. The molecule has 1 N–H and O–H groups in total. The smallest absolute Gasteiger partial charge is 0.122 e. The Bertz CT molecular complexity index is 401. The van der Waals surface area contributed by atoms with E-state index in [1.54, 1.807) is 14.2 Å². The van der Waals surface area contributed by atoms with Crippen LogP contribution in [-0.2, 0) is 6.54 Å². The third-order valence-corrected chi connectivity index (χ3v) is 3.96. The van der Waals surface area contributed by atoms with Gasteiger partial charge in [-0.1, -0.05) is 6.92 Å². The third kappa shape index (κ3) is 4.12. The molecule has 1 heterocycles. The molecule has 0 spiro atoms. The first-order valence-corrected chi connectivity index (χ1v) is 7.42. The molecule has 1 atom stereocenters. The number of piperidine rings is 1. The summed E-state index contributed by atoms with van der Waals surface area (Å²) in [7, 11) is 3.37. The number of methoxy groups -OCH3 is 2. The monoisotopic (exact) mass is 278 g/mol. The van der Waals surface area contributed by atoms with Gasteiger partial charge >= 0.3 is 0 Å². The van der Waals surface area contributed by atoms with E-state index in [9.17, 15) is 0 Å². The molecule has 20 heavy (non-hydrogen) atoms. The van der Waals surface area contributed by atoms with Crippen molar-refractivity contribution >= 4 is 0 Å². The SMILES string of the molecule is CCN1CCCC(NCc2cc(OC)cc(OC)c2)C1. The van der Waals surface area contributed by atoms with Crippen LogP contribution < -0.4 is 14.8 Å². The Kier molecular flexibility index (Phi) is 5.68. The van der Waals surface area contributed by atoms with Crippen LogP contribution in [0.2, 0.25) is 0 Å². The summed E-state index contributed by atoms with van der Waals surface area (Å²) in [5, 5.41) is 3.65. The zero-order valence-corrected chi connectivity index (χ0v) is 12.8. The van der Waals surface area contributed by atoms with Crippen LogP contribution in [0.15, 0.2) is 18.2 Å². The lowest BCUT2D eigenvalue weighted by Gasteiger charge is -2.32. The van der Waals surface area contributed by atoms with Gasteiger partial charge in [-0.2, -0.15) is 0 Å². The summed E-state index contributed by atoms with van der Waals surface area (Å²) < 4.78 is 10.6. The number of rotatable bonds is 6. The van der Waals surface area contributed by atoms with Crippen molar-refractivity contribution in [2.45, 2.75) is 32.4 Å². The molecule has 2 rings (SSSR count). The fourth-order valence-corrected chi connectivity index (χ4v) is 2.74. The first kappa shape index (κ1) is 15.1. The van der Waals surface area contributed by atoms with Gasteiger partial charge in [-0.25, -0.2) is 0 Å². The second-order valence-electron chi connectivity index (χ2n) is 5.33. The van der Waals surface area contributed by atoms with Gasteiger partial charge in [0.25, 0.3) is 0 Å². The first-order valence-electron chi connectivity index (χ1n) is 7.42. The van der Waals surface area contributed by atoms with Gasteiger partial charge in [-0.3, -0.25) is 0 Å². The van der Waals surface area contributed by atoms with E-state index in [2.05, 4.69) is 29.3 Å². The fourth-order valence-electron chi connectivity index (χ4n) is 2.74. The maximum atomic E-state index is 5.31. The fraction of sp³-hybridized carbons (Fsp3) is 0.625. The summed E-state index contributed by atoms with van der Waals surface area (Å²) >= 11 is 0. The van der Waals surface area contributed by atoms with Crippen LogP contribution in [0.3, 0.4) is 0 Å². The summed E-state index contributed by atoms with van der Waals surface area (Å²) in [5.74, 6) is 1.69. The van der Waals surface area contributed by atoms with E-state index in [0.29, 0.717) is 6.04 Å². The Hall–Kier alpha value is -1.26. The number of nitrogens with zero attached hydrogens (tertiary/aromatic N) is 1. The standard InChI is InChI=1S/C16H26N2O2/c1-4-18-7-5-6-14(12-18)17-11-13-8-15(19-2)10-16(9-13)20-3/h8-10,14,17H,4-7,11-12H2,1-3H3. The molecule has 4 nitrogen and oxygen atoms in total. The molecule has 1 aliphatic rings. The Morgan fingerprint density at radius 1 is 1.20 bits per heavy atom. The number of hydrogen-bond acceptors (Lipinski definition) is 4. The van der Waals surface area contributed by atoms with Gasteiger partial charge < -0.3 is 19.7 Å². The van der Waals surface area contributed by atoms with E-state index in [4.69, 9.17) is 9.47 Å². The van der Waals surface area contributed by atoms with Gasteiger partial charge in [0, 0.05) is 25.2 Å². The Labute approximate surface area is 122 Å². The van der Waals surface area contributed by atoms with Crippen molar-refractivity contribution in [1.29, 1.82) is 0 Å². The van der Waals surface area contributed by atoms with Crippen LogP contribution in [0, 0.1) is 0 Å². The molecule has 1 aliphatic heterocycles. The van der Waals surface area contributed by atoms with Crippen LogP contribution in [0.1, 0.15) is 25.3 Å². The van der Waals surface area contributed by atoms with Crippen molar-refractivity contribution in [3.63, 3.8) is 0 Å². The third-order valence-electron chi connectivity index (χ3n) is 3.96. The van der Waals surface area contributed by atoms with Crippen molar-refractivity contribution in [2.24, 2.45) is 0 Å². The molecule has 1 aromatic rings. The summed E-state index contributed by atoms with van der Waals surface area (Å²) in [6, 6.07) is 6.62. The highest BCUT2D eigenvalue weighted by Crippen LogP contribution is 2.22. The van der Waals surface area contributed by atoms with Crippen LogP contribution in [0.4, 0.5) is 0 Å². The van der Waals surface area contributed by atoms with Crippen molar-refractivity contribution in [3.8, 4) is 11.5 Å². The second-order valence-corrected chi connectivity index (χ2v) is 5.33. The highest BCUT2D eigenvalue weighted by atomic mass is 16.5. The summed E-state index contributed by atoms with van der Waals surface area (Å²) in [4.78, 5) is 2.51. The van der Waals surface area contributed by atoms with Gasteiger partial charge in [-0.15, -0.1) is 0 Å². The normalized spacial score (nSPS) is 19.9. The lowest BCUT2D eigenvalue weighted by atomic mass is 10.1. The topological polar surface area (TPSA) is 33.7 Å². The van der Waals surface area contributed by atoms with Crippen LogP contribution in [-0.4, -0.2) is 44.8 Å². The minimum absolute atomic E-state index is 0.584. The molecule has 0 aromatic heterocycles. The van der Waals surface area contributed by atoms with Crippen LogP contribution >= 0.6 is 0 Å². The molecular formula is C16H26N2O2. The molecule has 0 bridgehead atoms. The number of likely N-dealkylation sites (tertiary alicyclic amines) is 1. The molecule has 4 heteroatoms. The van der Waals surface area contributed by atoms with E-state index in [-0.39, 0.29) is 0 Å². The number of nitrogens with one attached hydrogen (secondary N) is 1. The van der Waals surface area contributed by atoms with E-state index in [1.165, 1.54) is 24.9 Å². The lowest BCUT2D eigenvalue weighted by molar-refractivity contribution is 0.198. The highest BCUT2D eigenvalue weighted by Gasteiger charge is 2.18. The molecule has 1 fully saturated rings. The number of benzene rings is 1. The van der Waals surface area contributed by atoms with Crippen LogP contribution in [0.25, 0.3) is 0 Å². The number of likely N-dealkylation sites (N-methyl/N-ethyl adjacent to an activating group) is 1. The Morgan fingerprint density at radius 3 is 2.50 bits per heavy atom. The van der Waals surface area contributed by atoms with Crippen LogP contribution in [0.5, 0.6) is 11.5 Å². The molecule has 1 saturated heterocycles. The quantitative estimate of drug-likeness (QED) is 0.865. The first-order chi connectivity index (χ1) is 9.75. The molecule has 0 saturated carbocycles. The Balaban J connectivity index is 1.92. The predicted octanol–water partition coefficient (Wildman–Crippen LogP) is 2.28.